The quantitative estimate of drug-likeness (QED) is 0.777. The van der Waals surface area contributed by atoms with E-state index in [2.05, 4.69) is 16.3 Å². The fraction of sp³-hybridized carbons (Fsp3) is 0.462. The van der Waals surface area contributed by atoms with Crippen LogP contribution in [-0.2, 0) is 11.3 Å². The van der Waals surface area contributed by atoms with Crippen molar-refractivity contribution >= 4 is 12.1 Å². The average Bonchev–Trinajstić information content (AvgIpc) is 2.40. The molecule has 1 aromatic rings. The van der Waals surface area contributed by atoms with Crippen molar-refractivity contribution in [3.8, 4) is 0 Å². The molecule has 1 aliphatic heterocycles. The number of hydrogen-bond donors (Lipinski definition) is 1. The predicted octanol–water partition coefficient (Wildman–Crippen LogP) is 0.684. The van der Waals surface area contributed by atoms with Crippen LogP contribution in [0.5, 0.6) is 0 Å². The molecule has 4 heteroatoms. The number of benzene rings is 1. The Balaban J connectivity index is 2.11. The third-order valence-corrected chi connectivity index (χ3v) is 3.13. The number of piperazine rings is 1. The highest BCUT2D eigenvalue weighted by molar-refractivity contribution is 5.76. The van der Waals surface area contributed by atoms with E-state index >= 15 is 0 Å². The summed E-state index contributed by atoms with van der Waals surface area (Å²) in [5.74, 6) is 0. The van der Waals surface area contributed by atoms with Gasteiger partial charge in [0.2, 0.25) is 6.41 Å². The largest absolute Gasteiger partial charge is 0.318 e. The highest BCUT2D eigenvalue weighted by Crippen LogP contribution is 2.19. The van der Waals surface area contributed by atoms with Crippen molar-refractivity contribution in [2.45, 2.75) is 6.54 Å². The van der Waals surface area contributed by atoms with Gasteiger partial charge in [-0.3, -0.25) is 9.69 Å². The molecule has 0 bridgehead atoms. The Labute approximate surface area is 102 Å². The molecule has 4 nitrogen and oxygen atoms in total. The van der Waals surface area contributed by atoms with Crippen LogP contribution in [0.3, 0.4) is 0 Å². The molecule has 17 heavy (non-hydrogen) atoms. The van der Waals surface area contributed by atoms with E-state index in [0.29, 0.717) is 0 Å². The number of hydrogen-bond acceptors (Lipinski definition) is 3. The van der Waals surface area contributed by atoms with E-state index in [1.54, 1.807) is 11.9 Å². The highest BCUT2D eigenvalue weighted by Gasteiger charge is 2.13. The number of carbonyl (C=O) groups excluding carboxylic acids is 1. The van der Waals surface area contributed by atoms with Gasteiger partial charge in [-0.15, -0.1) is 0 Å². The lowest BCUT2D eigenvalue weighted by Crippen LogP contribution is -2.43. The summed E-state index contributed by atoms with van der Waals surface area (Å²) >= 11 is 0. The molecule has 1 heterocycles. The van der Waals surface area contributed by atoms with Crippen LogP contribution in [0.1, 0.15) is 5.56 Å². The molecule has 1 fully saturated rings. The molecule has 2 rings (SSSR count). The van der Waals surface area contributed by atoms with Crippen molar-refractivity contribution in [2.24, 2.45) is 0 Å². The summed E-state index contributed by atoms with van der Waals surface area (Å²) in [6, 6.07) is 8.08. The number of anilines is 1. The van der Waals surface area contributed by atoms with Gasteiger partial charge in [-0.1, -0.05) is 18.2 Å². The first-order valence-corrected chi connectivity index (χ1v) is 6.00. The topological polar surface area (TPSA) is 35.6 Å². The van der Waals surface area contributed by atoms with Gasteiger partial charge in [-0.05, 0) is 11.6 Å². The number of nitrogens with zero attached hydrogens (tertiary/aromatic N) is 2. The third kappa shape index (κ3) is 3.05. The van der Waals surface area contributed by atoms with Gasteiger partial charge in [0.15, 0.2) is 0 Å². The second kappa shape index (κ2) is 5.80. The van der Waals surface area contributed by atoms with Gasteiger partial charge < -0.3 is 10.2 Å². The normalized spacial score (nSPS) is 16.8. The van der Waals surface area contributed by atoms with Crippen LogP contribution >= 0.6 is 0 Å². The minimum Gasteiger partial charge on any atom is -0.318 e. The van der Waals surface area contributed by atoms with Gasteiger partial charge in [0, 0.05) is 45.5 Å². The number of carbonyl (C=O) groups is 1. The number of nitrogens with one attached hydrogen (secondary N) is 1. The van der Waals surface area contributed by atoms with E-state index < -0.39 is 0 Å². The van der Waals surface area contributed by atoms with E-state index in [-0.39, 0.29) is 0 Å². The predicted molar refractivity (Wildman–Crippen MR) is 69.1 cm³/mol. The zero-order chi connectivity index (χ0) is 12.1. The molecule has 0 spiro atoms. The Bertz CT molecular complexity index is 375. The first-order chi connectivity index (χ1) is 8.31. The van der Waals surface area contributed by atoms with Crippen molar-refractivity contribution < 1.29 is 4.79 Å². The molecular formula is C13H19N3O. The monoisotopic (exact) mass is 233 g/mol. The van der Waals surface area contributed by atoms with E-state index in [1.807, 2.05) is 18.2 Å². The van der Waals surface area contributed by atoms with Crippen molar-refractivity contribution in [2.75, 3.05) is 38.1 Å². The van der Waals surface area contributed by atoms with Crippen molar-refractivity contribution in [1.29, 1.82) is 0 Å². The molecule has 0 radical (unpaired) electrons. The molecule has 1 saturated heterocycles. The molecule has 1 aromatic carbocycles. The lowest BCUT2D eigenvalue weighted by Gasteiger charge is -2.28. The van der Waals surface area contributed by atoms with E-state index in [0.717, 1.165) is 44.8 Å². The summed E-state index contributed by atoms with van der Waals surface area (Å²) in [5, 5.41) is 3.34. The zero-order valence-corrected chi connectivity index (χ0v) is 10.2. The van der Waals surface area contributed by atoms with Gasteiger partial charge in [-0.2, -0.15) is 0 Å². The van der Waals surface area contributed by atoms with Gasteiger partial charge in [0.05, 0.1) is 0 Å². The molecule has 1 amide bonds. The summed E-state index contributed by atoms with van der Waals surface area (Å²) in [7, 11) is 1.80. The first-order valence-electron chi connectivity index (χ1n) is 6.00. The number of para-hydroxylation sites is 1. The van der Waals surface area contributed by atoms with Crippen molar-refractivity contribution in [3.05, 3.63) is 29.8 Å². The van der Waals surface area contributed by atoms with Gasteiger partial charge in [-0.25, -0.2) is 0 Å². The molecule has 1 aliphatic rings. The fourth-order valence-electron chi connectivity index (χ4n) is 2.16. The maximum Gasteiger partial charge on any atom is 0.213 e. The van der Waals surface area contributed by atoms with Crippen molar-refractivity contribution in [1.82, 2.24) is 10.2 Å². The van der Waals surface area contributed by atoms with Gasteiger partial charge >= 0.3 is 0 Å². The smallest absolute Gasteiger partial charge is 0.213 e. The van der Waals surface area contributed by atoms with Gasteiger partial charge in [0.1, 0.15) is 0 Å². The minimum absolute atomic E-state index is 0.858. The lowest BCUT2D eigenvalue weighted by atomic mass is 10.1. The summed E-state index contributed by atoms with van der Waals surface area (Å²) in [4.78, 5) is 14.9. The van der Waals surface area contributed by atoms with E-state index in [1.165, 1.54) is 5.56 Å². The molecular weight excluding hydrogens is 214 g/mol. The Kier molecular flexibility index (Phi) is 4.12. The third-order valence-electron chi connectivity index (χ3n) is 3.13. The molecule has 0 saturated carbocycles. The second-order valence-electron chi connectivity index (χ2n) is 4.37. The molecule has 92 valence electrons. The maximum atomic E-state index is 10.9. The fourth-order valence-corrected chi connectivity index (χ4v) is 2.16. The Morgan fingerprint density at radius 1 is 1.35 bits per heavy atom. The molecule has 0 aromatic heterocycles. The summed E-state index contributed by atoms with van der Waals surface area (Å²) in [6.07, 6.45) is 0.858. The lowest BCUT2D eigenvalue weighted by molar-refractivity contribution is -0.107. The number of amides is 1. The molecule has 0 unspecified atom stereocenters. The van der Waals surface area contributed by atoms with Gasteiger partial charge in [0.25, 0.3) is 0 Å². The van der Waals surface area contributed by atoms with Crippen LogP contribution in [0.15, 0.2) is 24.3 Å². The molecule has 0 atom stereocenters. The molecule has 0 aliphatic carbocycles. The highest BCUT2D eigenvalue weighted by atomic mass is 16.1. The molecule has 1 N–H and O–H groups in total. The van der Waals surface area contributed by atoms with Crippen LogP contribution in [-0.4, -0.2) is 44.5 Å². The SMILES string of the molecule is CN(C=O)c1ccccc1CN1CCNCC1. The second-order valence-corrected chi connectivity index (χ2v) is 4.37. The summed E-state index contributed by atoms with van der Waals surface area (Å²) in [5.41, 5.74) is 2.21. The maximum absolute atomic E-state index is 10.9. The van der Waals surface area contributed by atoms with Crippen LogP contribution < -0.4 is 10.2 Å². The van der Waals surface area contributed by atoms with Crippen molar-refractivity contribution in [3.63, 3.8) is 0 Å². The zero-order valence-electron chi connectivity index (χ0n) is 10.2. The summed E-state index contributed by atoms with van der Waals surface area (Å²) < 4.78 is 0. The number of rotatable bonds is 4. The first kappa shape index (κ1) is 12.1. The van der Waals surface area contributed by atoms with E-state index in [4.69, 9.17) is 0 Å². The van der Waals surface area contributed by atoms with Crippen LogP contribution in [0.2, 0.25) is 0 Å². The standard InChI is InChI=1S/C13H19N3O/c1-15(11-17)13-5-3-2-4-12(13)10-16-8-6-14-7-9-16/h2-5,11,14H,6-10H2,1H3. The van der Waals surface area contributed by atoms with Crippen LogP contribution in [0.25, 0.3) is 0 Å². The van der Waals surface area contributed by atoms with Crippen LogP contribution in [0.4, 0.5) is 5.69 Å². The van der Waals surface area contributed by atoms with E-state index in [9.17, 15) is 4.79 Å². The Morgan fingerprint density at radius 2 is 2.06 bits per heavy atom. The average molecular weight is 233 g/mol. The summed E-state index contributed by atoms with van der Waals surface area (Å²) in [6.45, 7) is 5.14. The Morgan fingerprint density at radius 3 is 2.76 bits per heavy atom. The van der Waals surface area contributed by atoms with Crippen LogP contribution in [0, 0.1) is 0 Å². The Hall–Kier alpha value is -1.39. The minimum atomic E-state index is 0.858.